The van der Waals surface area contributed by atoms with Crippen LogP contribution in [-0.2, 0) is 9.84 Å². The first kappa shape index (κ1) is 15.9. The molecule has 1 aromatic rings. The quantitative estimate of drug-likeness (QED) is 0.532. The van der Waals surface area contributed by atoms with E-state index in [2.05, 4.69) is 0 Å². The monoisotopic (exact) mass is 311 g/mol. The number of rotatable bonds is 5. The van der Waals surface area contributed by atoms with Gasteiger partial charge in [-0.15, -0.1) is 0 Å². The molecule has 0 bridgehead atoms. The van der Waals surface area contributed by atoms with E-state index in [9.17, 15) is 13.5 Å². The molecule has 1 unspecified atom stereocenters. The lowest BCUT2D eigenvalue weighted by molar-refractivity contribution is 0.0696. The molecule has 0 aromatic heterocycles. The molecule has 1 heterocycles. The molecule has 1 aliphatic heterocycles. The number of nitrogens with zero attached hydrogens (tertiary/aromatic N) is 1. The number of benzene rings is 1. The fourth-order valence-electron chi connectivity index (χ4n) is 2.44. The average molecular weight is 311 g/mol. The molecule has 1 aromatic carbocycles. The number of hydrogen-bond donors (Lipinski definition) is 3. The van der Waals surface area contributed by atoms with Crippen molar-refractivity contribution < 1.29 is 13.5 Å². The van der Waals surface area contributed by atoms with Crippen LogP contribution in [0.15, 0.2) is 29.2 Å². The van der Waals surface area contributed by atoms with Crippen molar-refractivity contribution in [1.29, 1.82) is 5.41 Å². The molecule has 7 heteroatoms. The van der Waals surface area contributed by atoms with Gasteiger partial charge in [0.15, 0.2) is 9.84 Å². The molecule has 6 nitrogen and oxygen atoms in total. The summed E-state index contributed by atoms with van der Waals surface area (Å²) in [5.41, 5.74) is 5.13. The van der Waals surface area contributed by atoms with E-state index >= 15 is 0 Å². The molecule has 1 fully saturated rings. The van der Waals surface area contributed by atoms with E-state index in [1.165, 1.54) is 24.3 Å². The van der Waals surface area contributed by atoms with Crippen LogP contribution in [0, 0.1) is 5.41 Å². The second-order valence-corrected chi connectivity index (χ2v) is 7.89. The lowest BCUT2D eigenvalue weighted by Crippen LogP contribution is -2.32. The van der Waals surface area contributed by atoms with E-state index < -0.39 is 15.4 Å². The molecule has 0 aliphatic carbocycles. The van der Waals surface area contributed by atoms with Crippen molar-refractivity contribution in [3.8, 4) is 0 Å². The SMILES string of the molecule is CC1(O)CCN(CCS(=O)(=O)c2ccc(C(=N)N)cc2)C1. The van der Waals surface area contributed by atoms with Gasteiger partial charge in [-0.2, -0.15) is 0 Å². The summed E-state index contributed by atoms with van der Waals surface area (Å²) in [6.07, 6.45) is 0.667. The predicted molar refractivity (Wildman–Crippen MR) is 81.2 cm³/mol. The van der Waals surface area contributed by atoms with Gasteiger partial charge < -0.3 is 10.8 Å². The summed E-state index contributed by atoms with van der Waals surface area (Å²) >= 11 is 0. The van der Waals surface area contributed by atoms with Crippen molar-refractivity contribution >= 4 is 15.7 Å². The van der Waals surface area contributed by atoms with Crippen molar-refractivity contribution in [2.75, 3.05) is 25.4 Å². The molecule has 0 saturated carbocycles. The molecule has 116 valence electrons. The molecule has 0 radical (unpaired) electrons. The number of nitrogen functional groups attached to an aromatic ring is 1. The van der Waals surface area contributed by atoms with E-state index in [4.69, 9.17) is 11.1 Å². The van der Waals surface area contributed by atoms with E-state index in [1.807, 2.05) is 4.90 Å². The molecule has 1 atom stereocenters. The first-order chi connectivity index (χ1) is 9.70. The Morgan fingerprint density at radius 3 is 2.52 bits per heavy atom. The molecule has 21 heavy (non-hydrogen) atoms. The number of amidine groups is 1. The van der Waals surface area contributed by atoms with Gasteiger partial charge in [0.25, 0.3) is 0 Å². The second-order valence-electron chi connectivity index (χ2n) is 5.78. The lowest BCUT2D eigenvalue weighted by atomic mass is 10.1. The molecule has 2 rings (SSSR count). The van der Waals surface area contributed by atoms with Gasteiger partial charge in [-0.05, 0) is 25.5 Å². The third-order valence-corrected chi connectivity index (χ3v) is 5.44. The minimum Gasteiger partial charge on any atom is -0.389 e. The summed E-state index contributed by atoms with van der Waals surface area (Å²) in [6, 6.07) is 6.03. The van der Waals surface area contributed by atoms with Crippen LogP contribution in [0.4, 0.5) is 0 Å². The smallest absolute Gasteiger partial charge is 0.179 e. The van der Waals surface area contributed by atoms with Gasteiger partial charge in [0.1, 0.15) is 5.84 Å². The van der Waals surface area contributed by atoms with Gasteiger partial charge in [-0.25, -0.2) is 8.42 Å². The third-order valence-electron chi connectivity index (χ3n) is 3.73. The highest BCUT2D eigenvalue weighted by Crippen LogP contribution is 2.20. The van der Waals surface area contributed by atoms with Gasteiger partial charge in [0.2, 0.25) is 0 Å². The van der Waals surface area contributed by atoms with Crippen LogP contribution in [0.2, 0.25) is 0 Å². The Bertz CT molecular complexity index is 623. The number of likely N-dealkylation sites (tertiary alicyclic amines) is 1. The number of β-amino-alcohol motifs (C(OH)–C–C–N with tert-alkyl or cyclic N) is 1. The maximum atomic E-state index is 12.3. The highest BCUT2D eigenvalue weighted by molar-refractivity contribution is 7.91. The zero-order chi connectivity index (χ0) is 15.7. The Hall–Kier alpha value is -1.44. The standard InChI is InChI=1S/C14H21N3O3S/c1-14(18)6-7-17(10-14)8-9-21(19,20)12-4-2-11(3-5-12)13(15)16/h2-5,18H,6-10H2,1H3,(H3,15,16). The van der Waals surface area contributed by atoms with Crippen LogP contribution in [0.1, 0.15) is 18.9 Å². The van der Waals surface area contributed by atoms with Gasteiger partial charge >= 0.3 is 0 Å². The van der Waals surface area contributed by atoms with Gasteiger partial charge in [-0.3, -0.25) is 10.3 Å². The van der Waals surface area contributed by atoms with Gasteiger partial charge in [0, 0.05) is 25.2 Å². The highest BCUT2D eigenvalue weighted by atomic mass is 32.2. The minimum absolute atomic E-state index is 0.0164. The van der Waals surface area contributed by atoms with Crippen LogP contribution in [0.5, 0.6) is 0 Å². The zero-order valence-corrected chi connectivity index (χ0v) is 12.9. The number of hydrogen-bond acceptors (Lipinski definition) is 5. The maximum absolute atomic E-state index is 12.3. The topological polar surface area (TPSA) is 107 Å². The Balaban J connectivity index is 2.00. The summed E-state index contributed by atoms with van der Waals surface area (Å²) in [6.45, 7) is 3.40. The fourth-order valence-corrected chi connectivity index (χ4v) is 3.72. The van der Waals surface area contributed by atoms with Crippen LogP contribution >= 0.6 is 0 Å². The van der Waals surface area contributed by atoms with Crippen LogP contribution in [-0.4, -0.2) is 55.2 Å². The van der Waals surface area contributed by atoms with E-state index in [-0.39, 0.29) is 16.5 Å². The first-order valence-corrected chi connectivity index (χ1v) is 8.47. The highest BCUT2D eigenvalue weighted by Gasteiger charge is 2.31. The van der Waals surface area contributed by atoms with Crippen molar-refractivity contribution in [1.82, 2.24) is 4.90 Å². The summed E-state index contributed by atoms with van der Waals surface area (Å²) in [4.78, 5) is 2.19. The molecule has 1 aliphatic rings. The fraction of sp³-hybridized carbons (Fsp3) is 0.500. The normalized spacial score (nSPS) is 23.3. The van der Waals surface area contributed by atoms with E-state index in [1.54, 1.807) is 6.92 Å². The number of aliphatic hydroxyl groups is 1. The Kier molecular flexibility index (Phi) is 4.36. The van der Waals surface area contributed by atoms with Crippen LogP contribution < -0.4 is 5.73 Å². The average Bonchev–Trinajstić information content (AvgIpc) is 2.76. The van der Waals surface area contributed by atoms with E-state index in [0.717, 1.165) is 0 Å². The van der Waals surface area contributed by atoms with Gasteiger partial charge in [0.05, 0.1) is 16.2 Å². The number of sulfone groups is 1. The lowest BCUT2D eigenvalue weighted by Gasteiger charge is -2.18. The van der Waals surface area contributed by atoms with Crippen LogP contribution in [0.25, 0.3) is 0 Å². The molecule has 1 saturated heterocycles. The van der Waals surface area contributed by atoms with Crippen molar-refractivity contribution in [2.24, 2.45) is 5.73 Å². The summed E-state index contributed by atoms with van der Waals surface area (Å²) in [5, 5.41) is 17.2. The zero-order valence-electron chi connectivity index (χ0n) is 12.0. The Morgan fingerprint density at radius 1 is 1.43 bits per heavy atom. The number of nitrogens with two attached hydrogens (primary N) is 1. The minimum atomic E-state index is -3.36. The Labute approximate surface area is 125 Å². The van der Waals surface area contributed by atoms with Crippen molar-refractivity contribution in [2.45, 2.75) is 23.8 Å². The van der Waals surface area contributed by atoms with Crippen molar-refractivity contribution in [3.05, 3.63) is 29.8 Å². The molecule has 0 amide bonds. The third kappa shape index (κ3) is 4.03. The largest absolute Gasteiger partial charge is 0.389 e. The molecular weight excluding hydrogens is 290 g/mol. The second kappa shape index (κ2) is 5.75. The summed E-state index contributed by atoms with van der Waals surface area (Å²) in [5.74, 6) is -0.0686. The summed E-state index contributed by atoms with van der Waals surface area (Å²) in [7, 11) is -3.36. The van der Waals surface area contributed by atoms with Crippen molar-refractivity contribution in [3.63, 3.8) is 0 Å². The first-order valence-electron chi connectivity index (χ1n) is 6.82. The van der Waals surface area contributed by atoms with E-state index in [0.29, 0.717) is 31.6 Å². The molecule has 4 N–H and O–H groups in total. The molecular formula is C14H21N3O3S. The molecule has 0 spiro atoms. The van der Waals surface area contributed by atoms with Crippen LogP contribution in [0.3, 0.4) is 0 Å². The van der Waals surface area contributed by atoms with Gasteiger partial charge in [-0.1, -0.05) is 12.1 Å². The summed E-state index contributed by atoms with van der Waals surface area (Å²) < 4.78 is 24.5. The Morgan fingerprint density at radius 2 is 2.05 bits per heavy atom. The number of nitrogens with one attached hydrogen (secondary N) is 1. The predicted octanol–water partition coefficient (Wildman–Crippen LogP) is 0.201. The maximum Gasteiger partial charge on any atom is 0.179 e.